The summed E-state index contributed by atoms with van der Waals surface area (Å²) in [6.45, 7) is 5.64. The highest BCUT2D eigenvalue weighted by Crippen LogP contribution is 2.47. The smallest absolute Gasteiger partial charge is 0.00784 e. The molecule has 82 valence electrons. The maximum Gasteiger partial charge on any atom is 0.00784 e. The van der Waals surface area contributed by atoms with Gasteiger partial charge in [0.25, 0.3) is 0 Å². The van der Waals surface area contributed by atoms with Crippen molar-refractivity contribution < 1.29 is 0 Å². The van der Waals surface area contributed by atoms with E-state index in [9.17, 15) is 0 Å². The first-order valence-electron chi connectivity index (χ1n) is 5.93. The van der Waals surface area contributed by atoms with Crippen LogP contribution < -0.4 is 5.32 Å². The van der Waals surface area contributed by atoms with E-state index in [1.807, 2.05) is 7.05 Å². The molecule has 0 unspecified atom stereocenters. The first-order valence-corrected chi connectivity index (χ1v) is 5.93. The van der Waals surface area contributed by atoms with Gasteiger partial charge in [0.15, 0.2) is 0 Å². The number of likely N-dealkylation sites (N-methyl/N-ethyl adjacent to an activating group) is 1. The van der Waals surface area contributed by atoms with Crippen LogP contribution in [0.15, 0.2) is 24.3 Å². The molecule has 0 spiro atoms. The molecule has 1 N–H and O–H groups in total. The van der Waals surface area contributed by atoms with Crippen molar-refractivity contribution in [1.82, 2.24) is 5.32 Å². The van der Waals surface area contributed by atoms with Crippen LogP contribution in [0.5, 0.6) is 0 Å². The summed E-state index contributed by atoms with van der Waals surface area (Å²) in [5.74, 6) is 0.635. The number of hydrogen-bond donors (Lipinski definition) is 1. The Morgan fingerprint density at radius 1 is 1.33 bits per heavy atom. The second-order valence-electron chi connectivity index (χ2n) is 5.09. The molecule has 1 aromatic carbocycles. The van der Waals surface area contributed by atoms with Gasteiger partial charge >= 0.3 is 0 Å². The molecule has 2 rings (SSSR count). The first-order chi connectivity index (χ1) is 7.18. The second-order valence-corrected chi connectivity index (χ2v) is 5.09. The molecule has 1 nitrogen and oxygen atoms in total. The summed E-state index contributed by atoms with van der Waals surface area (Å²) in [6, 6.07) is 9.13. The third-order valence-electron chi connectivity index (χ3n) is 3.53. The highest BCUT2D eigenvalue weighted by atomic mass is 14.8. The van der Waals surface area contributed by atoms with Crippen molar-refractivity contribution in [3.05, 3.63) is 35.4 Å². The summed E-state index contributed by atoms with van der Waals surface area (Å²) in [7, 11) is 2.05. The van der Waals surface area contributed by atoms with Gasteiger partial charge in [0.2, 0.25) is 0 Å². The van der Waals surface area contributed by atoms with E-state index in [4.69, 9.17) is 0 Å². The molecular weight excluding hydrogens is 182 g/mol. The molecule has 0 heterocycles. The molecule has 0 atom stereocenters. The van der Waals surface area contributed by atoms with E-state index < -0.39 is 0 Å². The van der Waals surface area contributed by atoms with Gasteiger partial charge in [-0.2, -0.15) is 0 Å². The summed E-state index contributed by atoms with van der Waals surface area (Å²) < 4.78 is 0. The van der Waals surface area contributed by atoms with Crippen LogP contribution in [0, 0.1) is 0 Å². The maximum atomic E-state index is 3.32. The van der Waals surface area contributed by atoms with Gasteiger partial charge in [-0.3, -0.25) is 0 Å². The highest BCUT2D eigenvalue weighted by molar-refractivity contribution is 5.36. The Hall–Kier alpha value is -0.820. The number of benzene rings is 1. The Labute approximate surface area is 92.9 Å². The van der Waals surface area contributed by atoms with Crippen LogP contribution in [0.2, 0.25) is 0 Å². The van der Waals surface area contributed by atoms with Crippen molar-refractivity contribution in [2.45, 2.75) is 38.0 Å². The lowest BCUT2D eigenvalue weighted by molar-refractivity contribution is 0.623. The lowest BCUT2D eigenvalue weighted by Crippen LogP contribution is -2.23. The molecule has 0 radical (unpaired) electrons. The number of rotatable bonds is 4. The van der Waals surface area contributed by atoms with Gasteiger partial charge in [-0.15, -0.1) is 0 Å². The molecule has 1 heteroatoms. The quantitative estimate of drug-likeness (QED) is 0.793. The highest BCUT2D eigenvalue weighted by Gasteiger charge is 2.43. The summed E-state index contributed by atoms with van der Waals surface area (Å²) >= 11 is 0. The minimum Gasteiger partial charge on any atom is -0.319 e. The van der Waals surface area contributed by atoms with Gasteiger partial charge in [-0.1, -0.05) is 38.1 Å². The number of hydrogen-bond acceptors (Lipinski definition) is 1. The molecule has 0 bridgehead atoms. The summed E-state index contributed by atoms with van der Waals surface area (Å²) in [5.41, 5.74) is 3.46. The van der Waals surface area contributed by atoms with Gasteiger partial charge in [-0.05, 0) is 36.9 Å². The summed E-state index contributed by atoms with van der Waals surface area (Å²) in [6.07, 6.45) is 2.69. The Bertz CT molecular complexity index is 337. The van der Waals surface area contributed by atoms with Crippen LogP contribution in [0.1, 0.15) is 43.7 Å². The van der Waals surface area contributed by atoms with E-state index in [0.717, 1.165) is 6.54 Å². The van der Waals surface area contributed by atoms with E-state index in [1.165, 1.54) is 24.0 Å². The molecule has 0 aliphatic heterocycles. The zero-order valence-electron chi connectivity index (χ0n) is 10.0. The predicted octanol–water partition coefficient (Wildman–Crippen LogP) is 3.06. The van der Waals surface area contributed by atoms with Crippen molar-refractivity contribution in [3.8, 4) is 0 Å². The van der Waals surface area contributed by atoms with E-state index >= 15 is 0 Å². The lowest BCUT2D eigenvalue weighted by atomic mass is 9.91. The Balaban J connectivity index is 2.25. The molecular formula is C14H21N. The fourth-order valence-electron chi connectivity index (χ4n) is 2.28. The average Bonchev–Trinajstić information content (AvgIpc) is 3.00. The Morgan fingerprint density at radius 2 is 2.07 bits per heavy atom. The SMILES string of the molecule is CNCC1(c2cccc(C(C)C)c2)CC1. The van der Waals surface area contributed by atoms with Crippen LogP contribution in [0.25, 0.3) is 0 Å². The van der Waals surface area contributed by atoms with Gasteiger partial charge in [0.1, 0.15) is 0 Å². The monoisotopic (exact) mass is 203 g/mol. The molecule has 15 heavy (non-hydrogen) atoms. The zero-order chi connectivity index (χ0) is 10.9. The van der Waals surface area contributed by atoms with Gasteiger partial charge in [0, 0.05) is 12.0 Å². The number of nitrogens with one attached hydrogen (secondary N) is 1. The van der Waals surface area contributed by atoms with Crippen molar-refractivity contribution in [2.75, 3.05) is 13.6 Å². The maximum absolute atomic E-state index is 3.32. The Kier molecular flexibility index (Phi) is 2.83. The van der Waals surface area contributed by atoms with Crippen molar-refractivity contribution in [1.29, 1.82) is 0 Å². The topological polar surface area (TPSA) is 12.0 Å². The standard InChI is InChI=1S/C14H21N/c1-11(2)12-5-4-6-13(9-12)14(7-8-14)10-15-3/h4-6,9,11,15H,7-8,10H2,1-3H3. The molecule has 0 amide bonds. The van der Waals surface area contributed by atoms with E-state index in [1.54, 1.807) is 0 Å². The van der Waals surface area contributed by atoms with Gasteiger partial charge in [0.05, 0.1) is 0 Å². The molecule has 0 saturated heterocycles. The second kappa shape index (κ2) is 3.97. The average molecular weight is 203 g/mol. The van der Waals surface area contributed by atoms with Crippen molar-refractivity contribution >= 4 is 0 Å². The fraction of sp³-hybridized carbons (Fsp3) is 0.571. The van der Waals surface area contributed by atoms with E-state index in [2.05, 4.69) is 43.4 Å². The van der Waals surface area contributed by atoms with Gasteiger partial charge < -0.3 is 5.32 Å². The summed E-state index contributed by atoms with van der Waals surface area (Å²) in [4.78, 5) is 0. The zero-order valence-corrected chi connectivity index (χ0v) is 10.0. The molecule has 1 aliphatic rings. The summed E-state index contributed by atoms with van der Waals surface area (Å²) in [5, 5.41) is 3.32. The van der Waals surface area contributed by atoms with Crippen LogP contribution in [-0.2, 0) is 5.41 Å². The molecule has 1 saturated carbocycles. The molecule has 1 fully saturated rings. The van der Waals surface area contributed by atoms with Crippen LogP contribution >= 0.6 is 0 Å². The van der Waals surface area contributed by atoms with Crippen molar-refractivity contribution in [3.63, 3.8) is 0 Å². The third kappa shape index (κ3) is 2.07. The molecule has 1 aromatic rings. The van der Waals surface area contributed by atoms with Crippen LogP contribution in [0.4, 0.5) is 0 Å². The third-order valence-corrected chi connectivity index (χ3v) is 3.53. The normalized spacial score (nSPS) is 18.1. The fourth-order valence-corrected chi connectivity index (χ4v) is 2.28. The largest absolute Gasteiger partial charge is 0.319 e. The lowest BCUT2D eigenvalue weighted by Gasteiger charge is -2.17. The van der Waals surface area contributed by atoms with E-state index in [0.29, 0.717) is 11.3 Å². The van der Waals surface area contributed by atoms with E-state index in [-0.39, 0.29) is 0 Å². The molecule has 0 aromatic heterocycles. The van der Waals surface area contributed by atoms with Crippen LogP contribution in [-0.4, -0.2) is 13.6 Å². The first kappa shape index (κ1) is 10.7. The molecule has 1 aliphatic carbocycles. The minimum absolute atomic E-state index is 0.458. The van der Waals surface area contributed by atoms with Crippen LogP contribution in [0.3, 0.4) is 0 Å². The van der Waals surface area contributed by atoms with Crippen molar-refractivity contribution in [2.24, 2.45) is 0 Å². The minimum atomic E-state index is 0.458. The predicted molar refractivity (Wildman–Crippen MR) is 65.4 cm³/mol. The van der Waals surface area contributed by atoms with Gasteiger partial charge in [-0.25, -0.2) is 0 Å². The Morgan fingerprint density at radius 3 is 2.60 bits per heavy atom.